The van der Waals surface area contributed by atoms with Crippen LogP contribution in [0.15, 0.2) is 170 Å². The van der Waals surface area contributed by atoms with E-state index in [1.54, 1.807) is 20.8 Å². The number of Topliss-reactive ketones (excluding diaryl/α,β-unsaturated/α-hetero) is 1. The van der Waals surface area contributed by atoms with Crippen molar-refractivity contribution >= 4 is 69.8 Å². The molecule has 4 N–H and O–H groups in total. The summed E-state index contributed by atoms with van der Waals surface area (Å²) in [6.45, 7) is 11.5. The lowest BCUT2D eigenvalue weighted by Crippen LogP contribution is -2.59. The molecule has 0 unspecified atom stereocenters. The van der Waals surface area contributed by atoms with Crippen LogP contribution in [0.2, 0.25) is 0 Å². The molecule has 15 nitrogen and oxygen atoms in total. The highest BCUT2D eigenvalue weighted by molar-refractivity contribution is 7.97. The Morgan fingerprint density at radius 2 is 0.976 bits per heavy atom. The Balaban J connectivity index is 1.24. The van der Waals surface area contributed by atoms with Gasteiger partial charge in [0.25, 0.3) is 5.91 Å². The molecule has 7 rings (SSSR count). The molecular formula is C66H75N4O11P. The Bertz CT molecular complexity index is 3110. The Hall–Kier alpha value is -8.29. The number of hydrogen-bond donors (Lipinski definition) is 4. The minimum absolute atomic E-state index is 0.0112. The van der Waals surface area contributed by atoms with Crippen molar-refractivity contribution in [3.63, 3.8) is 0 Å². The van der Waals surface area contributed by atoms with Gasteiger partial charge in [-0.2, -0.15) is 0 Å². The first kappa shape index (κ1) is 61.3. The van der Waals surface area contributed by atoms with E-state index in [4.69, 9.17) is 18.9 Å². The van der Waals surface area contributed by atoms with E-state index in [1.165, 1.54) is 13.8 Å². The molecule has 430 valence electrons. The molecule has 6 aromatic carbocycles. The third-order valence-corrected chi connectivity index (χ3v) is 18.1. The molecule has 16 heteroatoms. The van der Waals surface area contributed by atoms with Crippen LogP contribution in [0.25, 0.3) is 11.1 Å². The van der Waals surface area contributed by atoms with E-state index in [0.29, 0.717) is 15.9 Å². The second kappa shape index (κ2) is 27.9. The van der Waals surface area contributed by atoms with Crippen LogP contribution in [0.3, 0.4) is 0 Å². The number of fused-ring (bicyclic) bond motifs is 3. The van der Waals surface area contributed by atoms with Crippen LogP contribution in [0.5, 0.6) is 0 Å². The average Bonchev–Trinajstić information content (AvgIpc) is 1.45. The fraction of sp³-hybridized carbons (Fsp3) is 0.333. The first-order valence-corrected chi connectivity index (χ1v) is 29.6. The summed E-state index contributed by atoms with van der Waals surface area (Å²) in [6.07, 6.45) is -3.21. The van der Waals surface area contributed by atoms with E-state index in [9.17, 15) is 19.2 Å². The standard InChI is InChI=1S/C66H75N4O11P/c1-42(2)38-55(68-60(72)57(70-65(77)81-66(7,8)9)45(6)80-62(74)44(5)67-64(76)79-41-54-52-36-24-22-34-50(52)51-35-23-25-37-53(51)54)58(71)59(61(73)69-56(39-43(3)4)63(75)78-40-46-26-14-10-15-27-46)82(47-28-16-11-17-29-47,48-30-18-12-19-31-48)49-32-20-13-21-33-49/h10-37,42-45,54-57H,38-41H2,1-9H3,(H,67,76)(H,68,72)(H,69,73)(H,70,77)/t44-,45-,55+,56+,57+/m1/s1. The van der Waals surface area contributed by atoms with Crippen LogP contribution in [0.4, 0.5) is 9.59 Å². The van der Waals surface area contributed by atoms with E-state index in [1.807, 2.05) is 198 Å². The van der Waals surface area contributed by atoms with Gasteiger partial charge < -0.3 is 40.2 Å². The van der Waals surface area contributed by atoms with Gasteiger partial charge in [-0.15, -0.1) is 0 Å². The number of benzene rings is 6. The zero-order valence-electron chi connectivity index (χ0n) is 48.1. The number of carbonyl (C=O) groups is 7. The van der Waals surface area contributed by atoms with Crippen LogP contribution in [-0.4, -0.2) is 89.5 Å². The first-order chi connectivity index (χ1) is 39.2. The van der Waals surface area contributed by atoms with E-state index in [0.717, 1.165) is 27.8 Å². The summed E-state index contributed by atoms with van der Waals surface area (Å²) in [5.41, 5.74) is 3.82. The third kappa shape index (κ3) is 15.4. The van der Waals surface area contributed by atoms with Gasteiger partial charge in [0.15, 0.2) is 5.78 Å². The van der Waals surface area contributed by atoms with Gasteiger partial charge >= 0.3 is 24.1 Å². The van der Waals surface area contributed by atoms with Gasteiger partial charge in [0, 0.05) is 5.92 Å². The molecule has 0 radical (unpaired) electrons. The van der Waals surface area contributed by atoms with Crippen molar-refractivity contribution in [2.24, 2.45) is 11.8 Å². The van der Waals surface area contributed by atoms with Gasteiger partial charge in [-0.3, -0.25) is 14.4 Å². The van der Waals surface area contributed by atoms with Crippen LogP contribution in [0, 0.1) is 11.8 Å². The van der Waals surface area contributed by atoms with E-state index in [-0.39, 0.29) is 49.1 Å². The first-order valence-electron chi connectivity index (χ1n) is 27.8. The summed E-state index contributed by atoms with van der Waals surface area (Å²) in [7, 11) is 0. The molecule has 0 spiro atoms. The molecule has 0 heterocycles. The van der Waals surface area contributed by atoms with Gasteiger partial charge in [0.1, 0.15) is 43.0 Å². The Morgan fingerprint density at radius 3 is 1.46 bits per heavy atom. The van der Waals surface area contributed by atoms with Crippen LogP contribution >= 0.6 is 6.89 Å². The van der Waals surface area contributed by atoms with Gasteiger partial charge in [0.2, 0.25) is 5.91 Å². The number of alkyl carbamates (subject to hydrolysis) is 2. The smallest absolute Gasteiger partial charge is 0.408 e. The van der Waals surface area contributed by atoms with Gasteiger partial charge in [-0.1, -0.05) is 198 Å². The Kier molecular flexibility index (Phi) is 20.9. The highest BCUT2D eigenvalue weighted by Crippen LogP contribution is 2.47. The van der Waals surface area contributed by atoms with E-state index >= 15 is 14.4 Å². The highest BCUT2D eigenvalue weighted by Gasteiger charge is 2.43. The molecule has 1 aliphatic rings. The zero-order chi connectivity index (χ0) is 59.1. The quantitative estimate of drug-likeness (QED) is 0.0206. The van der Waals surface area contributed by atoms with Crippen molar-refractivity contribution < 1.29 is 52.5 Å². The van der Waals surface area contributed by atoms with Crippen LogP contribution in [0.1, 0.15) is 97.8 Å². The number of ketones is 1. The molecule has 0 aromatic heterocycles. The second-order valence-electron chi connectivity index (χ2n) is 22.3. The molecular weight excluding hydrogens is 1060 g/mol. The fourth-order valence-corrected chi connectivity index (χ4v) is 14.5. The van der Waals surface area contributed by atoms with Crippen molar-refractivity contribution in [2.45, 2.75) is 124 Å². The number of rotatable bonds is 23. The Morgan fingerprint density at radius 1 is 0.512 bits per heavy atom. The van der Waals surface area contributed by atoms with Crippen LogP contribution in [-0.2, 0) is 49.5 Å². The predicted octanol–water partition coefficient (Wildman–Crippen LogP) is 9.28. The summed E-state index contributed by atoms with van der Waals surface area (Å²) in [5.74, 6) is -4.85. The number of hydrogen-bond acceptors (Lipinski definition) is 11. The summed E-state index contributed by atoms with van der Waals surface area (Å²) in [4.78, 5) is 103. The zero-order valence-corrected chi connectivity index (χ0v) is 48.9. The fourth-order valence-electron chi connectivity index (χ4n) is 10.1. The maximum Gasteiger partial charge on any atom is 0.408 e. The minimum atomic E-state index is -3.62. The Labute approximate surface area is 481 Å². The molecule has 6 aromatic rings. The topological polar surface area (TPSA) is 205 Å². The lowest BCUT2D eigenvalue weighted by molar-refractivity contribution is -0.153. The summed E-state index contributed by atoms with van der Waals surface area (Å²) in [6, 6.07) is 46.9. The van der Waals surface area contributed by atoms with Gasteiger partial charge in [-0.25, -0.2) is 19.2 Å². The lowest BCUT2D eigenvalue weighted by Gasteiger charge is -2.34. The maximum atomic E-state index is 16.4. The molecule has 0 saturated heterocycles. The molecule has 0 bridgehead atoms. The monoisotopic (exact) mass is 1130 g/mol. The van der Waals surface area contributed by atoms with E-state index in [2.05, 4.69) is 21.3 Å². The molecule has 82 heavy (non-hydrogen) atoms. The highest BCUT2D eigenvalue weighted by atomic mass is 31.2. The molecule has 0 fully saturated rings. The normalized spacial score (nSPS) is 13.9. The second-order valence-corrected chi connectivity index (χ2v) is 25.6. The molecule has 0 aliphatic heterocycles. The van der Waals surface area contributed by atoms with Gasteiger partial charge in [-0.05, 0) is 110 Å². The predicted molar refractivity (Wildman–Crippen MR) is 321 cm³/mol. The molecule has 1 aliphatic carbocycles. The number of nitrogens with one attached hydrogen (secondary N) is 4. The van der Waals surface area contributed by atoms with Crippen LogP contribution < -0.4 is 37.2 Å². The molecule has 5 atom stereocenters. The van der Waals surface area contributed by atoms with Crippen molar-refractivity contribution in [3.05, 3.63) is 187 Å². The number of esters is 2. The average molecular weight is 1130 g/mol. The third-order valence-electron chi connectivity index (χ3n) is 13.8. The van der Waals surface area contributed by atoms with Crippen molar-refractivity contribution in [3.8, 4) is 11.1 Å². The largest absolute Gasteiger partial charge is 0.459 e. The summed E-state index contributed by atoms with van der Waals surface area (Å²) in [5, 5.41) is 12.7. The SMILES string of the molecule is CC(C)C[C@H](NC(=O)C(C(=O)[C@H](CC(C)C)NC(=O)[C@@H](NC(=O)OC(C)(C)C)[C@@H](C)OC(=O)[C@@H](C)NC(=O)OCC1c2ccccc2-c2ccccc21)=P(c1ccccc1)(c1ccccc1)c1ccccc1)C(=O)OCc1ccccc1. The van der Waals surface area contributed by atoms with E-state index < -0.39 is 84.5 Å². The van der Waals surface area contributed by atoms with Crippen molar-refractivity contribution in [1.82, 2.24) is 21.3 Å². The molecule has 0 saturated carbocycles. The van der Waals surface area contributed by atoms with Crippen molar-refractivity contribution in [2.75, 3.05) is 6.61 Å². The number of amides is 4. The molecule has 4 amide bonds. The minimum Gasteiger partial charge on any atom is -0.459 e. The number of carbonyl (C=O) groups excluding carboxylic acids is 7. The summed E-state index contributed by atoms with van der Waals surface area (Å²) < 4.78 is 23.0. The lowest BCUT2D eigenvalue weighted by atomic mass is 9.97. The van der Waals surface area contributed by atoms with Crippen molar-refractivity contribution in [1.29, 1.82) is 0 Å². The summed E-state index contributed by atoms with van der Waals surface area (Å²) >= 11 is 0. The number of ether oxygens (including phenoxy) is 4. The van der Waals surface area contributed by atoms with Gasteiger partial charge in [0.05, 0.1) is 11.3 Å². The maximum absolute atomic E-state index is 16.4.